The zero-order valence-electron chi connectivity index (χ0n) is 18.0. The molecule has 32 heavy (non-hydrogen) atoms. The van der Waals surface area contributed by atoms with Crippen LogP contribution in [0.2, 0.25) is 0 Å². The van der Waals surface area contributed by atoms with Gasteiger partial charge in [0.2, 0.25) is 5.91 Å². The second kappa shape index (κ2) is 8.13. The van der Waals surface area contributed by atoms with Crippen LogP contribution in [0.4, 0.5) is 11.4 Å². The predicted octanol–water partition coefficient (Wildman–Crippen LogP) is 4.44. The standard InChI is InChI=1S/C26H24N2O4/c1-3-31-21-15-13-19(14-16-21)27-25(29)22-23(18-11-9-17(2)10-12-18)28(32-24(22)26(27)30)20-7-5-4-6-8-20/h4-16,22-24H,3H2,1-2H3/t22-,23-,24-/m1/s1. The molecule has 0 bridgehead atoms. The molecule has 3 atom stereocenters. The van der Waals surface area contributed by atoms with Gasteiger partial charge in [0.1, 0.15) is 11.7 Å². The molecule has 3 aromatic rings. The second-order valence-corrected chi connectivity index (χ2v) is 8.01. The minimum atomic E-state index is -0.874. The van der Waals surface area contributed by atoms with Crippen molar-refractivity contribution in [2.75, 3.05) is 16.6 Å². The molecule has 2 fully saturated rings. The second-order valence-electron chi connectivity index (χ2n) is 8.01. The van der Waals surface area contributed by atoms with Crippen molar-refractivity contribution >= 4 is 23.2 Å². The molecule has 0 radical (unpaired) electrons. The highest BCUT2D eigenvalue weighted by Crippen LogP contribution is 2.47. The van der Waals surface area contributed by atoms with Crippen LogP contribution in [0, 0.1) is 12.8 Å². The molecule has 0 unspecified atom stereocenters. The van der Waals surface area contributed by atoms with E-state index < -0.39 is 18.1 Å². The third-order valence-electron chi connectivity index (χ3n) is 5.95. The number of carbonyl (C=O) groups is 2. The highest BCUT2D eigenvalue weighted by atomic mass is 16.7. The van der Waals surface area contributed by atoms with Gasteiger partial charge in [-0.05, 0) is 55.8 Å². The molecule has 2 aliphatic heterocycles. The van der Waals surface area contributed by atoms with Gasteiger partial charge >= 0.3 is 0 Å². The lowest BCUT2D eigenvalue weighted by Crippen LogP contribution is -2.37. The van der Waals surface area contributed by atoms with Gasteiger partial charge in [0.15, 0.2) is 6.10 Å². The smallest absolute Gasteiger partial charge is 0.266 e. The quantitative estimate of drug-likeness (QED) is 0.562. The van der Waals surface area contributed by atoms with E-state index in [1.54, 1.807) is 29.3 Å². The highest BCUT2D eigenvalue weighted by Gasteiger charge is 2.60. The van der Waals surface area contributed by atoms with E-state index in [4.69, 9.17) is 9.57 Å². The van der Waals surface area contributed by atoms with Crippen molar-refractivity contribution in [1.82, 2.24) is 0 Å². The number of benzene rings is 3. The Kier molecular flexibility index (Phi) is 5.15. The van der Waals surface area contributed by atoms with E-state index in [1.165, 1.54) is 4.90 Å². The maximum atomic E-state index is 13.6. The SMILES string of the molecule is CCOc1ccc(N2C(=O)[C@@H]3[C@@H](c4ccc(C)cc4)N(c4ccccc4)O[C@H]3C2=O)cc1. The van der Waals surface area contributed by atoms with Crippen LogP contribution in [0.15, 0.2) is 78.9 Å². The van der Waals surface area contributed by atoms with Crippen LogP contribution in [0.5, 0.6) is 5.75 Å². The minimum Gasteiger partial charge on any atom is -0.494 e. The van der Waals surface area contributed by atoms with Gasteiger partial charge < -0.3 is 4.74 Å². The summed E-state index contributed by atoms with van der Waals surface area (Å²) in [5.41, 5.74) is 3.39. The summed E-state index contributed by atoms with van der Waals surface area (Å²) in [6, 6.07) is 24.2. The summed E-state index contributed by atoms with van der Waals surface area (Å²) >= 11 is 0. The molecule has 0 N–H and O–H groups in total. The van der Waals surface area contributed by atoms with Crippen LogP contribution < -0.4 is 14.7 Å². The van der Waals surface area contributed by atoms with Gasteiger partial charge in [0.05, 0.1) is 24.0 Å². The van der Waals surface area contributed by atoms with Crippen molar-refractivity contribution < 1.29 is 19.2 Å². The molecule has 6 nitrogen and oxygen atoms in total. The van der Waals surface area contributed by atoms with Crippen molar-refractivity contribution in [3.05, 3.63) is 90.0 Å². The number of fused-ring (bicyclic) bond motifs is 1. The number of rotatable bonds is 5. The number of amides is 2. The molecule has 2 amide bonds. The lowest BCUT2D eigenvalue weighted by molar-refractivity contribution is -0.126. The van der Waals surface area contributed by atoms with Crippen LogP contribution >= 0.6 is 0 Å². The molecule has 5 rings (SSSR count). The van der Waals surface area contributed by atoms with Gasteiger partial charge in [-0.3, -0.25) is 14.4 Å². The van der Waals surface area contributed by atoms with Crippen LogP contribution in [0.1, 0.15) is 24.1 Å². The molecule has 2 saturated heterocycles. The topological polar surface area (TPSA) is 59.1 Å². The number of hydrogen-bond donors (Lipinski definition) is 0. The molecule has 0 saturated carbocycles. The lowest BCUT2D eigenvalue weighted by Gasteiger charge is -2.28. The number of nitrogens with zero attached hydrogens (tertiary/aromatic N) is 2. The van der Waals surface area contributed by atoms with Crippen molar-refractivity contribution in [3.63, 3.8) is 0 Å². The Hall–Kier alpha value is -3.64. The molecule has 162 valence electrons. The molecule has 0 spiro atoms. The molecule has 2 aliphatic rings. The van der Waals surface area contributed by atoms with E-state index in [-0.39, 0.29) is 11.8 Å². The number of hydroxylamine groups is 1. The van der Waals surface area contributed by atoms with E-state index >= 15 is 0 Å². The molecular weight excluding hydrogens is 404 g/mol. The first-order valence-corrected chi connectivity index (χ1v) is 10.8. The van der Waals surface area contributed by atoms with Gasteiger partial charge in [-0.25, -0.2) is 9.96 Å². The van der Waals surface area contributed by atoms with Crippen molar-refractivity contribution in [2.45, 2.75) is 26.0 Å². The molecular formula is C26H24N2O4. The molecule has 0 aromatic heterocycles. The van der Waals surface area contributed by atoms with E-state index in [0.29, 0.717) is 18.0 Å². The number of carbonyl (C=O) groups excluding carboxylic acids is 2. The van der Waals surface area contributed by atoms with Gasteiger partial charge in [0.25, 0.3) is 5.91 Å². The Bertz CT molecular complexity index is 1130. The maximum Gasteiger partial charge on any atom is 0.266 e. The maximum absolute atomic E-state index is 13.6. The summed E-state index contributed by atoms with van der Waals surface area (Å²) in [5, 5.41) is 1.71. The Morgan fingerprint density at radius 3 is 2.19 bits per heavy atom. The number of aryl methyl sites for hydroxylation is 1. The third kappa shape index (κ3) is 3.33. The van der Waals surface area contributed by atoms with Gasteiger partial charge in [-0.15, -0.1) is 0 Å². The summed E-state index contributed by atoms with van der Waals surface area (Å²) < 4.78 is 5.48. The fourth-order valence-corrected chi connectivity index (χ4v) is 4.43. The molecule has 0 aliphatic carbocycles. The predicted molar refractivity (Wildman–Crippen MR) is 121 cm³/mol. The monoisotopic (exact) mass is 428 g/mol. The van der Waals surface area contributed by atoms with Crippen LogP contribution in [0.25, 0.3) is 0 Å². The summed E-state index contributed by atoms with van der Waals surface area (Å²) in [6.45, 7) is 4.47. The number of para-hydroxylation sites is 1. The fraction of sp³-hybridized carbons (Fsp3) is 0.231. The largest absolute Gasteiger partial charge is 0.494 e. The Labute approximate surface area is 186 Å². The van der Waals surface area contributed by atoms with Gasteiger partial charge in [0, 0.05) is 0 Å². The minimum absolute atomic E-state index is 0.256. The van der Waals surface area contributed by atoms with E-state index in [9.17, 15) is 9.59 Å². The zero-order chi connectivity index (χ0) is 22.2. The summed E-state index contributed by atoms with van der Waals surface area (Å²) in [6.07, 6.45) is -0.874. The summed E-state index contributed by atoms with van der Waals surface area (Å²) in [4.78, 5) is 34.3. The molecule has 6 heteroatoms. The normalized spacial score (nSPS) is 22.4. The highest BCUT2D eigenvalue weighted by molar-refractivity contribution is 6.23. The first-order valence-electron chi connectivity index (χ1n) is 10.8. The average Bonchev–Trinajstić information content (AvgIpc) is 3.32. The fourth-order valence-electron chi connectivity index (χ4n) is 4.43. The summed E-state index contributed by atoms with van der Waals surface area (Å²) in [5.74, 6) is -0.551. The number of hydrogen-bond acceptors (Lipinski definition) is 5. The Morgan fingerprint density at radius 2 is 1.53 bits per heavy atom. The molecule has 2 heterocycles. The number of ether oxygens (including phenoxy) is 1. The van der Waals surface area contributed by atoms with Crippen molar-refractivity contribution in [3.8, 4) is 5.75 Å². The third-order valence-corrected chi connectivity index (χ3v) is 5.95. The van der Waals surface area contributed by atoms with E-state index in [2.05, 4.69) is 0 Å². The van der Waals surface area contributed by atoms with Gasteiger partial charge in [-0.2, -0.15) is 0 Å². The lowest BCUT2D eigenvalue weighted by atomic mass is 9.90. The number of anilines is 2. The van der Waals surface area contributed by atoms with Crippen molar-refractivity contribution in [1.29, 1.82) is 0 Å². The van der Waals surface area contributed by atoms with Crippen LogP contribution in [-0.4, -0.2) is 24.5 Å². The zero-order valence-corrected chi connectivity index (χ0v) is 18.0. The first-order chi connectivity index (χ1) is 15.6. The van der Waals surface area contributed by atoms with E-state index in [0.717, 1.165) is 16.8 Å². The average molecular weight is 428 g/mol. The first kappa shape index (κ1) is 20.3. The Morgan fingerprint density at radius 1 is 0.844 bits per heavy atom. The van der Waals surface area contributed by atoms with Crippen LogP contribution in [0.3, 0.4) is 0 Å². The van der Waals surface area contributed by atoms with Gasteiger partial charge in [-0.1, -0.05) is 48.0 Å². The van der Waals surface area contributed by atoms with Crippen molar-refractivity contribution in [2.24, 2.45) is 5.92 Å². The summed E-state index contributed by atoms with van der Waals surface area (Å²) in [7, 11) is 0. The molecule has 3 aromatic carbocycles. The van der Waals surface area contributed by atoms with Crippen LogP contribution in [-0.2, 0) is 14.4 Å². The number of imide groups is 1. The Balaban J connectivity index is 1.53. The van der Waals surface area contributed by atoms with E-state index in [1.807, 2.05) is 68.4 Å².